The first-order chi connectivity index (χ1) is 12.8. The maximum atomic E-state index is 12.1. The highest BCUT2D eigenvalue weighted by Gasteiger charge is 2.27. The van der Waals surface area contributed by atoms with Crippen molar-refractivity contribution < 1.29 is 17.9 Å². The summed E-state index contributed by atoms with van der Waals surface area (Å²) in [5.74, 6) is 0.537. The number of fused-ring (bicyclic) bond motifs is 3. The Kier molecular flexibility index (Phi) is 4.35. The highest BCUT2D eigenvalue weighted by Crippen LogP contribution is 2.31. The van der Waals surface area contributed by atoms with Crippen molar-refractivity contribution in [3.63, 3.8) is 0 Å². The molecule has 140 valence electrons. The van der Waals surface area contributed by atoms with Gasteiger partial charge in [-0.15, -0.1) is 16.4 Å². The first-order valence-corrected chi connectivity index (χ1v) is 8.98. The molecule has 27 heavy (non-hydrogen) atoms. The number of halogens is 3. The maximum Gasteiger partial charge on any atom is 0.411 e. The van der Waals surface area contributed by atoms with Gasteiger partial charge in [0.05, 0.1) is 12.0 Å². The molecule has 9 heteroatoms. The zero-order valence-corrected chi connectivity index (χ0v) is 15.4. The van der Waals surface area contributed by atoms with Crippen LogP contribution in [0.1, 0.15) is 16.0 Å². The first-order valence-electron chi connectivity index (χ1n) is 8.17. The smallest absolute Gasteiger partial charge is 0.367 e. The fraction of sp³-hybridized carbons (Fsp3) is 0.278. The van der Waals surface area contributed by atoms with Crippen LogP contribution in [-0.4, -0.2) is 32.4 Å². The van der Waals surface area contributed by atoms with Gasteiger partial charge in [0.2, 0.25) is 0 Å². The number of alkyl halides is 3. The lowest BCUT2D eigenvalue weighted by molar-refractivity contribution is -0.176. The second-order valence-electron chi connectivity index (χ2n) is 6.22. The van der Waals surface area contributed by atoms with Gasteiger partial charge in [-0.2, -0.15) is 13.2 Å². The summed E-state index contributed by atoms with van der Waals surface area (Å²) in [5, 5.41) is 5.47. The van der Waals surface area contributed by atoms with E-state index in [1.54, 1.807) is 46.4 Å². The molecule has 0 bridgehead atoms. The average Bonchev–Trinajstić information content (AvgIpc) is 3.16. The summed E-state index contributed by atoms with van der Waals surface area (Å²) >= 11 is 1.62. The topological polar surface area (TPSA) is 52.3 Å². The Balaban J connectivity index is 1.61. The predicted octanol–water partition coefficient (Wildman–Crippen LogP) is 4.70. The Hall–Kier alpha value is -2.52. The zero-order valence-electron chi connectivity index (χ0n) is 14.5. The lowest BCUT2D eigenvalue weighted by Gasteiger charge is -2.07. The average molecular weight is 392 g/mol. The van der Waals surface area contributed by atoms with Gasteiger partial charge in [-0.3, -0.25) is 0 Å². The maximum absolute atomic E-state index is 12.1. The van der Waals surface area contributed by atoms with Gasteiger partial charge in [0.25, 0.3) is 0 Å². The molecule has 0 atom stereocenters. The van der Waals surface area contributed by atoms with Crippen LogP contribution in [0.25, 0.3) is 27.3 Å². The number of benzene rings is 1. The molecule has 3 heterocycles. The van der Waals surface area contributed by atoms with Crippen molar-refractivity contribution in [3.8, 4) is 11.4 Å². The molecule has 0 radical (unpaired) electrons. The zero-order chi connectivity index (χ0) is 19.2. The van der Waals surface area contributed by atoms with Crippen LogP contribution in [0.15, 0.2) is 30.6 Å². The van der Waals surface area contributed by atoms with E-state index >= 15 is 0 Å². The lowest BCUT2D eigenvalue weighted by Crippen LogP contribution is -2.16. The number of nitrogens with zero attached hydrogens (tertiary/aromatic N) is 4. The van der Waals surface area contributed by atoms with Crippen LogP contribution >= 0.6 is 11.3 Å². The molecule has 0 fully saturated rings. The molecule has 0 spiro atoms. The number of aryl methyl sites for hydroxylation is 2. The Labute approximate surface area is 156 Å². The lowest BCUT2D eigenvalue weighted by atomic mass is 10.1. The molecule has 1 aromatic carbocycles. The molecule has 4 aromatic rings. The minimum atomic E-state index is -4.32. The molecular weight excluding hydrogens is 377 g/mol. The van der Waals surface area contributed by atoms with Crippen molar-refractivity contribution in [1.82, 2.24) is 19.6 Å². The van der Waals surface area contributed by atoms with Crippen molar-refractivity contribution in [2.75, 3.05) is 6.61 Å². The van der Waals surface area contributed by atoms with Crippen LogP contribution in [0.4, 0.5) is 13.2 Å². The molecule has 0 saturated heterocycles. The summed E-state index contributed by atoms with van der Waals surface area (Å²) in [4.78, 5) is 11.2. The molecular formula is C18H15F3N4OS. The van der Waals surface area contributed by atoms with E-state index in [1.807, 2.05) is 6.92 Å². The largest absolute Gasteiger partial charge is 0.411 e. The Morgan fingerprint density at radius 1 is 1.15 bits per heavy atom. The van der Waals surface area contributed by atoms with E-state index in [0.29, 0.717) is 11.4 Å². The van der Waals surface area contributed by atoms with E-state index in [4.69, 9.17) is 0 Å². The Morgan fingerprint density at radius 2 is 1.89 bits per heavy atom. The van der Waals surface area contributed by atoms with Gasteiger partial charge in [0.1, 0.15) is 17.8 Å². The quantitative estimate of drug-likeness (QED) is 0.505. The van der Waals surface area contributed by atoms with E-state index in [2.05, 4.69) is 26.7 Å². The van der Waals surface area contributed by atoms with Gasteiger partial charge >= 0.3 is 6.18 Å². The van der Waals surface area contributed by atoms with Crippen LogP contribution < -0.4 is 0 Å². The van der Waals surface area contributed by atoms with E-state index in [0.717, 1.165) is 27.0 Å². The standard InChI is InChI=1S/C18H15F3N4OS/c1-10-11(2)27-17-14(10)16-23-15(24-25(16)9-22-17)13-5-3-12(4-6-13)7-26-8-18(19,20)21/h3-6,9H,7-8H2,1-2H3. The molecule has 0 aliphatic rings. The highest BCUT2D eigenvalue weighted by atomic mass is 32.1. The predicted molar refractivity (Wildman–Crippen MR) is 96.8 cm³/mol. The summed E-state index contributed by atoms with van der Waals surface area (Å²) in [6, 6.07) is 6.98. The van der Waals surface area contributed by atoms with Crippen LogP contribution in [0.5, 0.6) is 0 Å². The third kappa shape index (κ3) is 3.52. The molecule has 0 amide bonds. The Morgan fingerprint density at radius 3 is 2.59 bits per heavy atom. The van der Waals surface area contributed by atoms with Gasteiger partial charge in [0, 0.05) is 10.4 Å². The number of ether oxygens (including phenoxy) is 1. The number of aromatic nitrogens is 4. The second-order valence-corrected chi connectivity index (χ2v) is 7.42. The second kappa shape index (κ2) is 6.58. The van der Waals surface area contributed by atoms with Crippen molar-refractivity contribution in [2.24, 2.45) is 0 Å². The van der Waals surface area contributed by atoms with Gasteiger partial charge in [-0.05, 0) is 25.0 Å². The molecule has 4 rings (SSSR count). The number of hydrogen-bond acceptors (Lipinski definition) is 5. The number of thiophene rings is 1. The van der Waals surface area contributed by atoms with Gasteiger partial charge in [-0.25, -0.2) is 14.5 Å². The van der Waals surface area contributed by atoms with Gasteiger partial charge in [-0.1, -0.05) is 24.3 Å². The third-order valence-electron chi connectivity index (χ3n) is 4.25. The summed E-state index contributed by atoms with van der Waals surface area (Å²) in [6.07, 6.45) is -2.68. The summed E-state index contributed by atoms with van der Waals surface area (Å²) < 4.78 is 42.7. The SMILES string of the molecule is Cc1sc2ncn3nc(-c4ccc(COCC(F)(F)F)cc4)nc3c2c1C. The van der Waals surface area contributed by atoms with Crippen LogP contribution in [0.3, 0.4) is 0 Å². The molecule has 0 unspecified atom stereocenters. The first kappa shape index (κ1) is 17.9. The fourth-order valence-electron chi connectivity index (χ4n) is 2.80. The minimum Gasteiger partial charge on any atom is -0.367 e. The van der Waals surface area contributed by atoms with E-state index in [1.165, 1.54) is 4.88 Å². The Bertz CT molecular complexity index is 1120. The molecule has 0 aliphatic heterocycles. The number of hydrogen-bond donors (Lipinski definition) is 0. The molecule has 5 nitrogen and oxygen atoms in total. The summed E-state index contributed by atoms with van der Waals surface area (Å²) in [5.41, 5.74) is 3.31. The molecule has 0 N–H and O–H groups in total. The molecule has 3 aromatic heterocycles. The van der Waals surface area contributed by atoms with Crippen molar-refractivity contribution in [3.05, 3.63) is 46.6 Å². The van der Waals surface area contributed by atoms with Crippen LogP contribution in [0, 0.1) is 13.8 Å². The summed E-state index contributed by atoms with van der Waals surface area (Å²) in [7, 11) is 0. The number of rotatable bonds is 4. The molecule has 0 aliphatic carbocycles. The van der Waals surface area contributed by atoms with Gasteiger partial charge < -0.3 is 4.74 Å². The summed E-state index contributed by atoms with van der Waals surface area (Å²) in [6.45, 7) is 2.73. The highest BCUT2D eigenvalue weighted by molar-refractivity contribution is 7.18. The van der Waals surface area contributed by atoms with E-state index < -0.39 is 12.8 Å². The van der Waals surface area contributed by atoms with E-state index in [-0.39, 0.29) is 6.61 Å². The van der Waals surface area contributed by atoms with Gasteiger partial charge in [0.15, 0.2) is 11.5 Å². The van der Waals surface area contributed by atoms with Crippen LogP contribution in [-0.2, 0) is 11.3 Å². The molecule has 0 saturated carbocycles. The minimum absolute atomic E-state index is 0.101. The third-order valence-corrected chi connectivity index (χ3v) is 5.37. The van der Waals surface area contributed by atoms with Crippen molar-refractivity contribution in [1.29, 1.82) is 0 Å². The monoisotopic (exact) mass is 392 g/mol. The van der Waals surface area contributed by atoms with Crippen molar-refractivity contribution >= 4 is 27.2 Å². The van der Waals surface area contributed by atoms with Crippen LogP contribution in [0.2, 0.25) is 0 Å². The van der Waals surface area contributed by atoms with Crippen molar-refractivity contribution in [2.45, 2.75) is 26.6 Å². The normalized spacial score (nSPS) is 12.3. The fourth-order valence-corrected chi connectivity index (χ4v) is 3.79. The van der Waals surface area contributed by atoms with E-state index in [9.17, 15) is 13.2 Å².